The zero-order chi connectivity index (χ0) is 37.2. The number of hydrogen-bond acceptors (Lipinski definition) is 3. The number of rotatable bonds is 4. The molecule has 0 bridgehead atoms. The molecule has 1 radical (unpaired) electrons. The van der Waals surface area contributed by atoms with E-state index in [9.17, 15) is 0 Å². The predicted molar refractivity (Wildman–Crippen MR) is 231 cm³/mol. The summed E-state index contributed by atoms with van der Waals surface area (Å²) in [7, 11) is 2.40. The summed E-state index contributed by atoms with van der Waals surface area (Å²) in [6, 6.07) is 46.2. The van der Waals surface area contributed by atoms with Crippen molar-refractivity contribution in [3.63, 3.8) is 0 Å². The molecule has 9 aromatic rings. The molecule has 1 N–H and O–H groups in total. The van der Waals surface area contributed by atoms with E-state index in [1.165, 1.54) is 72.3 Å². The zero-order valence-corrected chi connectivity index (χ0v) is 31.9. The van der Waals surface area contributed by atoms with Gasteiger partial charge in [-0.2, -0.15) is 0 Å². The summed E-state index contributed by atoms with van der Waals surface area (Å²) in [4.78, 5) is 5.06. The van der Waals surface area contributed by atoms with E-state index in [1.807, 2.05) is 18.2 Å². The van der Waals surface area contributed by atoms with Crippen molar-refractivity contribution < 1.29 is 4.42 Å². The Morgan fingerprint density at radius 3 is 2.18 bits per heavy atom. The number of benzene rings is 7. The molecule has 0 saturated heterocycles. The van der Waals surface area contributed by atoms with Crippen molar-refractivity contribution in [3.8, 4) is 28.3 Å². The SMILES string of the molecule is Cc1ccc(Nc2ccccc2-c2c3c4c(c5ccccc25)c2cc5c(cc2n4-c2cc4nc(-c6ccccc6)oc4cc2[B]3)C(C)(C)CCC5(C)C)cc1. The van der Waals surface area contributed by atoms with Gasteiger partial charge < -0.3 is 14.3 Å². The summed E-state index contributed by atoms with van der Waals surface area (Å²) < 4.78 is 9.05. The number of hydrogen-bond donors (Lipinski definition) is 1. The maximum atomic E-state index is 6.50. The molecule has 0 fully saturated rings. The standard InChI is InChI=1S/C50H41BN3O/c1-29-19-21-31(22-20-29)52-39-18-12-11-17-34(39)44-32-15-9-10-16-33(32)45-35-25-36-37(50(4,5)24-23-49(36,2)3)26-41(35)54-42-28-40-43(27-38(42)51-46(44)47(45)54)55-48(53-40)30-13-7-6-8-14-30/h6-22,25-28,52H,23-24H2,1-5H3. The van der Waals surface area contributed by atoms with E-state index in [-0.39, 0.29) is 10.8 Å². The number of nitrogens with one attached hydrogen (secondary N) is 1. The van der Waals surface area contributed by atoms with Crippen LogP contribution in [0.5, 0.6) is 0 Å². The molecule has 0 unspecified atom stereocenters. The van der Waals surface area contributed by atoms with Gasteiger partial charge in [0.05, 0.1) is 5.52 Å². The van der Waals surface area contributed by atoms with Crippen molar-refractivity contribution in [2.24, 2.45) is 0 Å². The van der Waals surface area contributed by atoms with Crippen molar-refractivity contribution in [1.29, 1.82) is 0 Å². The second-order valence-corrected chi connectivity index (χ2v) is 17.0. The molecule has 1 aliphatic heterocycles. The maximum Gasteiger partial charge on any atom is 0.227 e. The Morgan fingerprint density at radius 1 is 0.709 bits per heavy atom. The van der Waals surface area contributed by atoms with Crippen LogP contribution in [0.25, 0.3) is 71.9 Å². The summed E-state index contributed by atoms with van der Waals surface area (Å²) in [5.41, 5.74) is 17.4. The van der Waals surface area contributed by atoms with Crippen LogP contribution in [0, 0.1) is 6.92 Å². The molecule has 5 heteroatoms. The predicted octanol–water partition coefficient (Wildman–Crippen LogP) is 11.8. The van der Waals surface area contributed by atoms with Gasteiger partial charge in [0, 0.05) is 44.5 Å². The lowest BCUT2D eigenvalue weighted by Gasteiger charge is -2.42. The number of fused-ring (bicyclic) bond motifs is 9. The highest BCUT2D eigenvalue weighted by Gasteiger charge is 2.39. The van der Waals surface area contributed by atoms with E-state index < -0.39 is 0 Å². The summed E-state index contributed by atoms with van der Waals surface area (Å²) in [5.74, 6) is 0.638. The lowest BCUT2D eigenvalue weighted by Crippen LogP contribution is -2.37. The fourth-order valence-electron chi connectivity index (χ4n) is 9.49. The van der Waals surface area contributed by atoms with E-state index in [0.29, 0.717) is 5.89 Å². The largest absolute Gasteiger partial charge is 0.436 e. The third kappa shape index (κ3) is 4.81. The Kier molecular flexibility index (Phi) is 6.75. The van der Waals surface area contributed by atoms with Gasteiger partial charge in [-0.15, -0.1) is 0 Å². The van der Waals surface area contributed by atoms with Crippen molar-refractivity contribution in [2.45, 2.75) is 58.3 Å². The third-order valence-electron chi connectivity index (χ3n) is 12.6. The molecular weight excluding hydrogens is 669 g/mol. The van der Waals surface area contributed by atoms with Crippen molar-refractivity contribution in [2.75, 3.05) is 5.32 Å². The van der Waals surface area contributed by atoms with Crippen LogP contribution in [0.4, 0.5) is 11.4 Å². The Balaban J connectivity index is 1.27. The van der Waals surface area contributed by atoms with Gasteiger partial charge in [-0.25, -0.2) is 4.98 Å². The first-order valence-corrected chi connectivity index (χ1v) is 19.5. The maximum absolute atomic E-state index is 6.50. The van der Waals surface area contributed by atoms with Gasteiger partial charge in [0.15, 0.2) is 12.9 Å². The number of aryl methyl sites for hydroxylation is 1. The van der Waals surface area contributed by atoms with Gasteiger partial charge in [-0.05, 0) is 118 Å². The second-order valence-electron chi connectivity index (χ2n) is 17.0. The molecule has 0 spiro atoms. The van der Waals surface area contributed by atoms with E-state index in [4.69, 9.17) is 9.40 Å². The Bertz CT molecular complexity index is 3040. The van der Waals surface area contributed by atoms with Crippen LogP contribution in [-0.4, -0.2) is 16.8 Å². The number of para-hydroxylation sites is 1. The first kappa shape index (κ1) is 32.4. The molecular formula is C50H41BN3O. The van der Waals surface area contributed by atoms with Crippen LogP contribution in [-0.2, 0) is 10.8 Å². The van der Waals surface area contributed by atoms with Crippen molar-refractivity contribution in [3.05, 3.63) is 144 Å². The Morgan fingerprint density at radius 2 is 1.40 bits per heavy atom. The van der Waals surface area contributed by atoms with Crippen LogP contribution in [0.1, 0.15) is 57.2 Å². The monoisotopic (exact) mass is 710 g/mol. The van der Waals surface area contributed by atoms with Gasteiger partial charge in [-0.1, -0.05) is 112 Å². The minimum atomic E-state index is 0.0662. The minimum absolute atomic E-state index is 0.0662. The number of anilines is 2. The smallest absolute Gasteiger partial charge is 0.227 e. The molecule has 55 heavy (non-hydrogen) atoms. The third-order valence-corrected chi connectivity index (χ3v) is 12.6. The van der Waals surface area contributed by atoms with Crippen LogP contribution in [0.2, 0.25) is 0 Å². The van der Waals surface area contributed by atoms with E-state index >= 15 is 0 Å². The highest BCUT2D eigenvalue weighted by molar-refractivity contribution is 6.74. The fraction of sp³-hybridized carbons (Fsp3) is 0.180. The summed E-state index contributed by atoms with van der Waals surface area (Å²) in [6.07, 6.45) is 2.33. The van der Waals surface area contributed by atoms with E-state index in [2.05, 4.69) is 161 Å². The summed E-state index contributed by atoms with van der Waals surface area (Å²) >= 11 is 0. The molecule has 3 heterocycles. The van der Waals surface area contributed by atoms with Gasteiger partial charge in [-0.3, -0.25) is 0 Å². The molecule has 4 nitrogen and oxygen atoms in total. The average Bonchev–Trinajstić information content (AvgIpc) is 3.77. The van der Waals surface area contributed by atoms with Crippen LogP contribution >= 0.6 is 0 Å². The molecule has 11 rings (SSSR count). The van der Waals surface area contributed by atoms with Crippen molar-refractivity contribution >= 4 is 73.3 Å². The molecule has 1 aliphatic carbocycles. The molecule has 265 valence electrons. The quantitative estimate of drug-likeness (QED) is 0.185. The number of nitrogens with zero attached hydrogens (tertiary/aromatic N) is 2. The number of oxazole rings is 1. The highest BCUT2D eigenvalue weighted by atomic mass is 16.3. The Hall–Kier alpha value is -6.07. The number of aromatic nitrogens is 2. The van der Waals surface area contributed by atoms with Crippen molar-refractivity contribution in [1.82, 2.24) is 9.55 Å². The average molecular weight is 711 g/mol. The molecule has 0 saturated carbocycles. The van der Waals surface area contributed by atoms with E-state index in [1.54, 1.807) is 0 Å². The molecule has 2 aliphatic rings. The molecule has 7 aromatic carbocycles. The lowest BCUT2D eigenvalue weighted by atomic mass is 9.58. The van der Waals surface area contributed by atoms with Crippen LogP contribution < -0.4 is 16.2 Å². The van der Waals surface area contributed by atoms with Gasteiger partial charge in [0.25, 0.3) is 0 Å². The topological polar surface area (TPSA) is 43.0 Å². The van der Waals surface area contributed by atoms with Gasteiger partial charge in [0.1, 0.15) is 5.52 Å². The Labute approximate surface area is 322 Å². The molecule has 0 atom stereocenters. The zero-order valence-electron chi connectivity index (χ0n) is 31.9. The first-order chi connectivity index (χ1) is 26.6. The fourth-order valence-corrected chi connectivity index (χ4v) is 9.49. The second kappa shape index (κ2) is 11.5. The van der Waals surface area contributed by atoms with Crippen LogP contribution in [0.3, 0.4) is 0 Å². The van der Waals surface area contributed by atoms with Gasteiger partial charge >= 0.3 is 0 Å². The summed E-state index contributed by atoms with van der Waals surface area (Å²) in [5, 5.41) is 8.92. The first-order valence-electron chi connectivity index (χ1n) is 19.5. The molecule has 2 aromatic heterocycles. The van der Waals surface area contributed by atoms with Crippen LogP contribution in [0.15, 0.2) is 132 Å². The highest BCUT2D eigenvalue weighted by Crippen LogP contribution is 2.50. The van der Waals surface area contributed by atoms with E-state index in [0.717, 1.165) is 45.6 Å². The normalized spacial score (nSPS) is 15.3. The minimum Gasteiger partial charge on any atom is -0.436 e. The summed E-state index contributed by atoms with van der Waals surface area (Å²) in [6.45, 7) is 11.8. The van der Waals surface area contributed by atoms with Gasteiger partial charge in [0.2, 0.25) is 5.89 Å². The lowest BCUT2D eigenvalue weighted by molar-refractivity contribution is 0.332. The molecule has 0 amide bonds.